The summed E-state index contributed by atoms with van der Waals surface area (Å²) in [7, 11) is 0. The SMILES string of the molecule is c1ccc(N(c2ccc(-c3ccc4ccccc4c3)cc2)c2ccc(-c3ccc4cc5c(cc4c3)oc3ccccc35)cc2)cc1. The van der Waals surface area contributed by atoms with Crippen LogP contribution in [0.1, 0.15) is 0 Å². The zero-order valence-electron chi connectivity index (χ0n) is 25.1. The Balaban J connectivity index is 1.06. The monoisotopic (exact) mass is 587 g/mol. The van der Waals surface area contributed by atoms with Gasteiger partial charge in [-0.1, -0.05) is 109 Å². The number of para-hydroxylation sites is 2. The summed E-state index contributed by atoms with van der Waals surface area (Å²) < 4.78 is 6.18. The van der Waals surface area contributed by atoms with Crippen LogP contribution in [0.5, 0.6) is 0 Å². The Hall–Kier alpha value is -6.12. The van der Waals surface area contributed by atoms with E-state index in [9.17, 15) is 0 Å². The van der Waals surface area contributed by atoms with Gasteiger partial charge in [-0.05, 0) is 111 Å². The van der Waals surface area contributed by atoms with Crippen LogP contribution >= 0.6 is 0 Å². The second-order valence-corrected chi connectivity index (χ2v) is 11.8. The highest BCUT2D eigenvalue weighted by Gasteiger charge is 2.14. The minimum Gasteiger partial charge on any atom is -0.456 e. The van der Waals surface area contributed by atoms with E-state index in [0.29, 0.717) is 0 Å². The lowest BCUT2D eigenvalue weighted by atomic mass is 9.99. The van der Waals surface area contributed by atoms with Gasteiger partial charge >= 0.3 is 0 Å². The topological polar surface area (TPSA) is 16.4 Å². The molecule has 8 aromatic carbocycles. The molecule has 0 aliphatic carbocycles. The summed E-state index contributed by atoms with van der Waals surface area (Å²) in [6, 6.07) is 62.8. The molecule has 9 aromatic rings. The second-order valence-electron chi connectivity index (χ2n) is 11.8. The van der Waals surface area contributed by atoms with E-state index in [1.54, 1.807) is 0 Å². The number of hydrogen-bond donors (Lipinski definition) is 0. The normalized spacial score (nSPS) is 11.5. The number of rotatable bonds is 5. The smallest absolute Gasteiger partial charge is 0.136 e. The molecule has 0 spiro atoms. The lowest BCUT2D eigenvalue weighted by Crippen LogP contribution is -2.09. The minimum atomic E-state index is 0.923. The van der Waals surface area contributed by atoms with E-state index in [1.807, 2.05) is 12.1 Å². The van der Waals surface area contributed by atoms with Crippen molar-refractivity contribution in [3.8, 4) is 22.3 Å². The van der Waals surface area contributed by atoms with Gasteiger partial charge in [0.1, 0.15) is 11.2 Å². The van der Waals surface area contributed by atoms with Gasteiger partial charge in [-0.3, -0.25) is 0 Å². The molecule has 216 valence electrons. The second kappa shape index (κ2) is 10.8. The van der Waals surface area contributed by atoms with Crippen molar-refractivity contribution in [2.75, 3.05) is 4.90 Å². The van der Waals surface area contributed by atoms with Gasteiger partial charge in [0.15, 0.2) is 0 Å². The highest BCUT2D eigenvalue weighted by Crippen LogP contribution is 2.38. The fraction of sp³-hybridized carbons (Fsp3) is 0. The molecule has 0 aliphatic rings. The van der Waals surface area contributed by atoms with Crippen LogP contribution in [-0.2, 0) is 0 Å². The Bertz CT molecular complexity index is 2510. The van der Waals surface area contributed by atoms with Crippen LogP contribution in [0.15, 0.2) is 180 Å². The van der Waals surface area contributed by atoms with Crippen LogP contribution in [0.25, 0.3) is 65.7 Å². The molecule has 2 heteroatoms. The quantitative estimate of drug-likeness (QED) is 0.199. The molecular weight excluding hydrogens is 558 g/mol. The number of nitrogens with zero attached hydrogens (tertiary/aromatic N) is 1. The molecule has 0 unspecified atom stereocenters. The van der Waals surface area contributed by atoms with Gasteiger partial charge in [0.2, 0.25) is 0 Å². The van der Waals surface area contributed by atoms with Crippen LogP contribution < -0.4 is 4.90 Å². The van der Waals surface area contributed by atoms with Crippen molar-refractivity contribution in [2.24, 2.45) is 0 Å². The molecule has 0 aliphatic heterocycles. The number of furan rings is 1. The number of anilines is 3. The van der Waals surface area contributed by atoms with Crippen molar-refractivity contribution in [1.29, 1.82) is 0 Å². The Labute approximate surface area is 267 Å². The summed E-state index contributed by atoms with van der Waals surface area (Å²) in [5.41, 5.74) is 9.97. The van der Waals surface area contributed by atoms with Crippen molar-refractivity contribution in [2.45, 2.75) is 0 Å². The van der Waals surface area contributed by atoms with E-state index >= 15 is 0 Å². The van der Waals surface area contributed by atoms with E-state index in [4.69, 9.17) is 4.42 Å². The Morgan fingerprint density at radius 2 is 0.826 bits per heavy atom. The number of fused-ring (bicyclic) bond motifs is 5. The van der Waals surface area contributed by atoms with Crippen LogP contribution in [0.4, 0.5) is 17.1 Å². The lowest BCUT2D eigenvalue weighted by Gasteiger charge is -2.26. The standard InChI is InChI=1S/C44H29NO/c1-2-10-38(11-3-1)45(39-22-18-31(19-23-39)34-15-14-30-8-4-5-9-33(30)26-34)40-24-20-32(21-25-40)35-16-17-36-28-42-41-12-6-7-13-43(41)46-44(42)29-37(36)27-35/h1-29H. The maximum Gasteiger partial charge on any atom is 0.136 e. The van der Waals surface area contributed by atoms with E-state index in [-0.39, 0.29) is 0 Å². The van der Waals surface area contributed by atoms with Gasteiger partial charge < -0.3 is 9.32 Å². The van der Waals surface area contributed by atoms with Crippen molar-refractivity contribution in [3.05, 3.63) is 176 Å². The van der Waals surface area contributed by atoms with E-state index in [2.05, 4.69) is 169 Å². The lowest BCUT2D eigenvalue weighted by molar-refractivity contribution is 0.669. The third kappa shape index (κ3) is 4.60. The average molecular weight is 588 g/mol. The Kier molecular flexibility index (Phi) is 6.17. The van der Waals surface area contributed by atoms with Gasteiger partial charge in [-0.15, -0.1) is 0 Å². The van der Waals surface area contributed by atoms with Gasteiger partial charge in [0.05, 0.1) is 0 Å². The van der Waals surface area contributed by atoms with E-state index in [0.717, 1.165) is 39.0 Å². The summed E-state index contributed by atoms with van der Waals surface area (Å²) in [5.74, 6) is 0. The molecule has 0 fully saturated rings. The van der Waals surface area contributed by atoms with Gasteiger partial charge in [-0.25, -0.2) is 0 Å². The highest BCUT2D eigenvalue weighted by molar-refractivity contribution is 6.10. The summed E-state index contributed by atoms with van der Waals surface area (Å²) in [5, 5.41) is 7.21. The summed E-state index contributed by atoms with van der Waals surface area (Å²) >= 11 is 0. The third-order valence-electron chi connectivity index (χ3n) is 9.02. The summed E-state index contributed by atoms with van der Waals surface area (Å²) in [6.07, 6.45) is 0. The fourth-order valence-corrected chi connectivity index (χ4v) is 6.65. The van der Waals surface area contributed by atoms with E-state index < -0.39 is 0 Å². The van der Waals surface area contributed by atoms with Crippen LogP contribution in [0.3, 0.4) is 0 Å². The molecule has 0 radical (unpaired) electrons. The first-order valence-electron chi connectivity index (χ1n) is 15.7. The fourth-order valence-electron chi connectivity index (χ4n) is 6.65. The Morgan fingerprint density at radius 1 is 0.304 bits per heavy atom. The van der Waals surface area contributed by atoms with Crippen LogP contribution in [-0.4, -0.2) is 0 Å². The minimum absolute atomic E-state index is 0.923. The molecule has 0 bridgehead atoms. The van der Waals surface area contributed by atoms with Crippen LogP contribution in [0, 0.1) is 0 Å². The third-order valence-corrected chi connectivity index (χ3v) is 9.02. The average Bonchev–Trinajstić information content (AvgIpc) is 3.49. The Morgan fingerprint density at radius 3 is 1.54 bits per heavy atom. The largest absolute Gasteiger partial charge is 0.456 e. The number of benzene rings is 8. The zero-order valence-corrected chi connectivity index (χ0v) is 25.1. The molecular formula is C44H29NO. The van der Waals surface area contributed by atoms with Crippen LogP contribution in [0.2, 0.25) is 0 Å². The van der Waals surface area contributed by atoms with Gasteiger partial charge in [-0.2, -0.15) is 0 Å². The van der Waals surface area contributed by atoms with E-state index in [1.165, 1.54) is 43.8 Å². The molecule has 0 N–H and O–H groups in total. The first kappa shape index (κ1) is 26.3. The maximum absolute atomic E-state index is 6.18. The maximum atomic E-state index is 6.18. The predicted octanol–water partition coefficient (Wildman–Crippen LogP) is 12.7. The first-order valence-corrected chi connectivity index (χ1v) is 15.7. The molecule has 0 saturated heterocycles. The molecule has 0 saturated carbocycles. The number of hydrogen-bond acceptors (Lipinski definition) is 2. The van der Waals surface area contributed by atoms with Crippen molar-refractivity contribution in [3.63, 3.8) is 0 Å². The van der Waals surface area contributed by atoms with Gasteiger partial charge in [0.25, 0.3) is 0 Å². The molecule has 2 nitrogen and oxygen atoms in total. The summed E-state index contributed by atoms with van der Waals surface area (Å²) in [6.45, 7) is 0. The molecule has 0 amide bonds. The molecule has 1 heterocycles. The molecule has 46 heavy (non-hydrogen) atoms. The van der Waals surface area contributed by atoms with Crippen molar-refractivity contribution in [1.82, 2.24) is 0 Å². The molecule has 0 atom stereocenters. The van der Waals surface area contributed by atoms with Crippen molar-refractivity contribution >= 4 is 60.5 Å². The van der Waals surface area contributed by atoms with Crippen molar-refractivity contribution < 1.29 is 4.42 Å². The molecule has 9 rings (SSSR count). The predicted molar refractivity (Wildman–Crippen MR) is 194 cm³/mol. The summed E-state index contributed by atoms with van der Waals surface area (Å²) in [4.78, 5) is 2.31. The first-order chi connectivity index (χ1) is 22.8. The zero-order chi connectivity index (χ0) is 30.5. The highest BCUT2D eigenvalue weighted by atomic mass is 16.3. The van der Waals surface area contributed by atoms with Gasteiger partial charge in [0, 0.05) is 27.8 Å². The molecule has 1 aromatic heterocycles.